The molecule has 0 aromatic carbocycles. The summed E-state index contributed by atoms with van der Waals surface area (Å²) in [6, 6.07) is 0. The number of unbranched alkanes of at least 4 members (excludes halogenated alkanes) is 11. The van der Waals surface area contributed by atoms with E-state index < -0.39 is 43.1 Å². The predicted molar refractivity (Wildman–Crippen MR) is 112 cm³/mol. The van der Waals surface area contributed by atoms with Crippen LogP contribution in [0.2, 0.25) is 0 Å². The van der Waals surface area contributed by atoms with Crippen molar-refractivity contribution in [1.29, 1.82) is 0 Å². The van der Waals surface area contributed by atoms with Crippen LogP contribution in [0.4, 0.5) is 0 Å². The Kier molecular flexibility index (Phi) is 18.2. The largest absolute Gasteiger partial charge is 0.479 e. The van der Waals surface area contributed by atoms with Crippen LogP contribution in [0.5, 0.6) is 0 Å². The molecule has 30 heavy (non-hydrogen) atoms. The highest BCUT2D eigenvalue weighted by Gasteiger charge is 2.20. The first kappa shape index (κ1) is 28.3. The number of carbonyl (C=O) groups is 3. The van der Waals surface area contributed by atoms with Crippen LogP contribution in [0.3, 0.4) is 0 Å². The first-order valence-corrected chi connectivity index (χ1v) is 11.3. The fourth-order valence-electron chi connectivity index (χ4n) is 2.91. The molecule has 0 saturated heterocycles. The molecule has 1 unspecified atom stereocenters. The number of carboxylic acid groups (broad SMARTS) is 1. The van der Waals surface area contributed by atoms with Gasteiger partial charge in [-0.05, 0) is 6.42 Å². The molecule has 0 saturated carbocycles. The zero-order chi connectivity index (χ0) is 22.6. The Morgan fingerprint density at radius 3 is 1.60 bits per heavy atom. The highest BCUT2D eigenvalue weighted by atomic mass is 16.6. The first-order chi connectivity index (χ1) is 14.4. The van der Waals surface area contributed by atoms with E-state index in [9.17, 15) is 19.5 Å². The fraction of sp³-hybridized carbons (Fsp3) is 0.864. The summed E-state index contributed by atoms with van der Waals surface area (Å²) in [5.74, 6) is -2.89. The third kappa shape index (κ3) is 18.4. The summed E-state index contributed by atoms with van der Waals surface area (Å²) in [4.78, 5) is 33.3. The summed E-state index contributed by atoms with van der Waals surface area (Å²) >= 11 is 0. The average molecular weight is 433 g/mol. The summed E-state index contributed by atoms with van der Waals surface area (Å²) in [6.07, 6.45) is 11.0. The van der Waals surface area contributed by atoms with Crippen LogP contribution in [-0.4, -0.2) is 58.6 Å². The van der Waals surface area contributed by atoms with Crippen LogP contribution < -0.4 is 0 Å². The van der Waals surface area contributed by atoms with Crippen molar-refractivity contribution < 1.29 is 39.2 Å². The Balaban J connectivity index is 3.50. The Morgan fingerprint density at radius 2 is 1.13 bits per heavy atom. The minimum Gasteiger partial charge on any atom is -0.479 e. The number of aliphatic hydroxyl groups excluding tert-OH is 2. The van der Waals surface area contributed by atoms with Gasteiger partial charge in [0.2, 0.25) is 0 Å². The molecule has 0 aliphatic rings. The van der Waals surface area contributed by atoms with Crippen LogP contribution in [0, 0.1) is 0 Å². The Bertz CT molecular complexity index is 466. The topological polar surface area (TPSA) is 130 Å². The quantitative estimate of drug-likeness (QED) is 0.197. The molecule has 0 spiro atoms. The Morgan fingerprint density at radius 1 is 0.700 bits per heavy atom. The summed E-state index contributed by atoms with van der Waals surface area (Å²) in [7, 11) is 0. The van der Waals surface area contributed by atoms with Crippen LogP contribution in [-0.2, 0) is 23.9 Å². The molecule has 0 radical (unpaired) electrons. The smallest absolute Gasteiger partial charge is 0.333 e. The lowest BCUT2D eigenvalue weighted by Crippen LogP contribution is -2.28. The van der Waals surface area contributed by atoms with Crippen molar-refractivity contribution in [2.24, 2.45) is 0 Å². The summed E-state index contributed by atoms with van der Waals surface area (Å²) in [5.41, 5.74) is 0. The SMILES string of the molecule is CCCCCCCCCCCCCCC(=O)OCC(O)COC(=O)C[C@@H](O)C(=O)O. The van der Waals surface area contributed by atoms with Gasteiger partial charge in [0, 0.05) is 6.42 Å². The third-order valence-electron chi connectivity index (χ3n) is 4.75. The molecular weight excluding hydrogens is 392 g/mol. The maximum Gasteiger partial charge on any atom is 0.333 e. The number of ether oxygens (including phenoxy) is 2. The van der Waals surface area contributed by atoms with Crippen LogP contribution in [0.1, 0.15) is 96.8 Å². The van der Waals surface area contributed by atoms with Crippen LogP contribution in [0.15, 0.2) is 0 Å². The number of carbonyl (C=O) groups excluding carboxylic acids is 2. The second-order valence-electron chi connectivity index (χ2n) is 7.72. The van der Waals surface area contributed by atoms with E-state index in [0.717, 1.165) is 19.3 Å². The molecule has 2 atom stereocenters. The lowest BCUT2D eigenvalue weighted by Gasteiger charge is -2.12. The van der Waals surface area contributed by atoms with Crippen molar-refractivity contribution in [3.05, 3.63) is 0 Å². The maximum atomic E-state index is 11.6. The predicted octanol–water partition coefficient (Wildman–Crippen LogP) is 3.36. The summed E-state index contributed by atoms with van der Waals surface area (Å²) in [5, 5.41) is 27.1. The van der Waals surface area contributed by atoms with Crippen molar-refractivity contribution in [3.8, 4) is 0 Å². The van der Waals surface area contributed by atoms with Gasteiger partial charge in [-0.2, -0.15) is 0 Å². The zero-order valence-corrected chi connectivity index (χ0v) is 18.4. The van der Waals surface area contributed by atoms with E-state index in [-0.39, 0.29) is 13.0 Å². The van der Waals surface area contributed by atoms with E-state index in [1.165, 1.54) is 57.8 Å². The Labute approximate surface area is 179 Å². The maximum absolute atomic E-state index is 11.6. The molecular formula is C22H40O8. The second-order valence-corrected chi connectivity index (χ2v) is 7.72. The summed E-state index contributed by atoms with van der Waals surface area (Å²) < 4.78 is 9.56. The van der Waals surface area contributed by atoms with E-state index in [1.54, 1.807) is 0 Å². The molecule has 3 N–H and O–H groups in total. The van der Waals surface area contributed by atoms with Crippen molar-refractivity contribution in [2.75, 3.05) is 13.2 Å². The highest BCUT2D eigenvalue weighted by molar-refractivity contribution is 5.80. The lowest BCUT2D eigenvalue weighted by molar-refractivity contribution is -0.159. The molecule has 0 aliphatic carbocycles. The van der Waals surface area contributed by atoms with Crippen molar-refractivity contribution in [3.63, 3.8) is 0 Å². The van der Waals surface area contributed by atoms with Gasteiger partial charge in [0.05, 0.1) is 6.42 Å². The van der Waals surface area contributed by atoms with Gasteiger partial charge < -0.3 is 24.8 Å². The second kappa shape index (κ2) is 19.3. The minimum atomic E-state index is -1.84. The molecule has 0 aliphatic heterocycles. The number of hydrogen-bond donors (Lipinski definition) is 3. The zero-order valence-electron chi connectivity index (χ0n) is 18.4. The van der Waals surface area contributed by atoms with Gasteiger partial charge in [-0.25, -0.2) is 4.79 Å². The molecule has 176 valence electrons. The van der Waals surface area contributed by atoms with E-state index in [0.29, 0.717) is 0 Å². The average Bonchev–Trinajstić information content (AvgIpc) is 2.71. The molecule has 0 amide bonds. The normalized spacial score (nSPS) is 12.9. The summed E-state index contributed by atoms with van der Waals surface area (Å²) in [6.45, 7) is 1.49. The highest BCUT2D eigenvalue weighted by Crippen LogP contribution is 2.12. The van der Waals surface area contributed by atoms with Gasteiger partial charge in [0.15, 0.2) is 6.10 Å². The molecule has 8 nitrogen and oxygen atoms in total. The fourth-order valence-corrected chi connectivity index (χ4v) is 2.91. The van der Waals surface area contributed by atoms with E-state index in [2.05, 4.69) is 11.7 Å². The van der Waals surface area contributed by atoms with Gasteiger partial charge in [0.1, 0.15) is 19.3 Å². The molecule has 0 rings (SSSR count). The van der Waals surface area contributed by atoms with Crippen molar-refractivity contribution >= 4 is 17.9 Å². The third-order valence-corrected chi connectivity index (χ3v) is 4.75. The molecule has 0 aromatic heterocycles. The number of rotatable bonds is 20. The van der Waals surface area contributed by atoms with Gasteiger partial charge in [-0.3, -0.25) is 9.59 Å². The van der Waals surface area contributed by atoms with Gasteiger partial charge >= 0.3 is 17.9 Å². The van der Waals surface area contributed by atoms with Crippen LogP contribution in [0.25, 0.3) is 0 Å². The van der Waals surface area contributed by atoms with E-state index in [4.69, 9.17) is 14.9 Å². The number of aliphatic hydroxyl groups is 2. The molecule has 0 fully saturated rings. The molecule has 0 aromatic rings. The van der Waals surface area contributed by atoms with Crippen molar-refractivity contribution in [2.45, 2.75) is 109 Å². The number of esters is 2. The number of aliphatic carboxylic acids is 1. The first-order valence-electron chi connectivity index (χ1n) is 11.3. The molecule has 0 heterocycles. The minimum absolute atomic E-state index is 0.286. The van der Waals surface area contributed by atoms with Gasteiger partial charge in [0.25, 0.3) is 0 Å². The van der Waals surface area contributed by atoms with Crippen LogP contribution >= 0.6 is 0 Å². The van der Waals surface area contributed by atoms with Gasteiger partial charge in [-0.15, -0.1) is 0 Å². The molecule has 8 heteroatoms. The monoisotopic (exact) mass is 432 g/mol. The van der Waals surface area contributed by atoms with E-state index >= 15 is 0 Å². The van der Waals surface area contributed by atoms with E-state index in [1.807, 2.05) is 0 Å². The van der Waals surface area contributed by atoms with Gasteiger partial charge in [-0.1, -0.05) is 77.6 Å². The number of carboxylic acids is 1. The standard InChI is InChI=1S/C22H40O8/c1-2-3-4-5-6-7-8-9-10-11-12-13-14-20(25)29-16-18(23)17-30-21(26)15-19(24)22(27)28/h18-19,23-24H,2-17H2,1H3,(H,27,28)/t18?,19-/m1/s1. The Hall–Kier alpha value is -1.67. The lowest BCUT2D eigenvalue weighted by atomic mass is 10.0. The number of hydrogen-bond acceptors (Lipinski definition) is 7. The molecule has 0 bridgehead atoms. The van der Waals surface area contributed by atoms with Crippen molar-refractivity contribution in [1.82, 2.24) is 0 Å².